The van der Waals surface area contributed by atoms with Crippen LogP contribution in [0, 0.1) is 34.0 Å². The molecule has 0 amide bonds. The lowest BCUT2D eigenvalue weighted by Gasteiger charge is -2.10. The van der Waals surface area contributed by atoms with Gasteiger partial charge in [0.1, 0.15) is 29.5 Å². The second kappa shape index (κ2) is 11.2. The molecule has 4 nitrogen and oxygen atoms in total. The highest BCUT2D eigenvalue weighted by molar-refractivity contribution is 7.31. The molecule has 12 heteroatoms. The molecule has 0 atom stereocenters. The van der Waals surface area contributed by atoms with Crippen LogP contribution < -0.4 is 5.73 Å². The van der Waals surface area contributed by atoms with Gasteiger partial charge in [-0.15, -0.1) is 22.7 Å². The van der Waals surface area contributed by atoms with Crippen molar-refractivity contribution in [2.45, 2.75) is 12.4 Å². The first-order valence-electron chi connectivity index (χ1n) is 15.0. The number of rotatable bonds is 2. The van der Waals surface area contributed by atoms with Crippen LogP contribution in [0.2, 0.25) is 0 Å². The van der Waals surface area contributed by atoms with Gasteiger partial charge in [-0.05, 0) is 80.9 Å². The minimum Gasteiger partial charge on any atom is -0.390 e. The van der Waals surface area contributed by atoms with Gasteiger partial charge in [0.2, 0.25) is 0 Å². The highest BCUT2D eigenvalue weighted by Gasteiger charge is 2.38. The third-order valence-electron chi connectivity index (χ3n) is 9.05. The molecule has 6 aromatic rings. The van der Waals surface area contributed by atoms with E-state index in [-0.39, 0.29) is 11.3 Å². The molecular weight excluding hydrogens is 703 g/mol. The van der Waals surface area contributed by atoms with E-state index in [1.54, 1.807) is 18.2 Å². The minimum absolute atomic E-state index is 0.0245. The van der Waals surface area contributed by atoms with Gasteiger partial charge >= 0.3 is 12.4 Å². The first-order valence-corrected chi connectivity index (χ1v) is 16.7. The Bertz CT molecular complexity index is 2670. The molecule has 0 aliphatic heterocycles. The first-order chi connectivity index (χ1) is 24.3. The van der Waals surface area contributed by atoms with Crippen LogP contribution in [-0.4, -0.2) is 0 Å². The zero-order chi connectivity index (χ0) is 36.0. The van der Waals surface area contributed by atoms with Crippen LogP contribution in [-0.2, 0) is 12.4 Å². The molecule has 0 unspecified atom stereocenters. The van der Waals surface area contributed by atoms with E-state index in [1.165, 1.54) is 46.9 Å². The quantitative estimate of drug-likeness (QED) is 0.142. The average Bonchev–Trinajstić information content (AvgIpc) is 3.83. The Morgan fingerprint density at radius 2 is 0.902 bits per heavy atom. The molecule has 0 spiro atoms. The molecule has 2 N–H and O–H groups in total. The summed E-state index contributed by atoms with van der Waals surface area (Å²) in [5.74, 6) is 0. The number of hydrogen-bond donors (Lipinski definition) is 1. The second-order valence-corrected chi connectivity index (χ2v) is 13.9. The summed E-state index contributed by atoms with van der Waals surface area (Å²) in [4.78, 5) is 1.45. The van der Waals surface area contributed by atoms with Crippen molar-refractivity contribution in [2.75, 3.05) is 0 Å². The minimum atomic E-state index is -4.48. The van der Waals surface area contributed by atoms with Crippen LogP contribution in [0.5, 0.6) is 0 Å². The number of nitrogens with two attached hydrogens (primary N) is 1. The summed E-state index contributed by atoms with van der Waals surface area (Å²) >= 11 is 2.80. The van der Waals surface area contributed by atoms with Gasteiger partial charge < -0.3 is 5.73 Å². The van der Waals surface area contributed by atoms with Gasteiger partial charge in [0.25, 0.3) is 0 Å². The number of thiophene rings is 2. The number of halogens is 6. The fraction of sp³-hybridized carbons (Fsp3) is 0.0513. The van der Waals surface area contributed by atoms with Gasteiger partial charge in [0.05, 0.1) is 20.5 Å². The van der Waals surface area contributed by atoms with Crippen LogP contribution in [0.25, 0.3) is 65.1 Å². The number of benzene rings is 4. The second-order valence-electron chi connectivity index (χ2n) is 11.8. The van der Waals surface area contributed by atoms with Crippen molar-refractivity contribution in [3.63, 3.8) is 0 Å². The van der Waals surface area contributed by atoms with E-state index in [4.69, 9.17) is 5.73 Å². The molecule has 0 saturated heterocycles. The van der Waals surface area contributed by atoms with Crippen molar-refractivity contribution < 1.29 is 26.3 Å². The van der Waals surface area contributed by atoms with Crippen molar-refractivity contribution in [1.29, 1.82) is 15.8 Å². The number of nitrogens with zero attached hydrogens (tertiary/aromatic N) is 3. The predicted octanol–water partition coefficient (Wildman–Crippen LogP) is 11.4. The van der Waals surface area contributed by atoms with E-state index in [0.29, 0.717) is 49.4 Å². The lowest BCUT2D eigenvalue weighted by atomic mass is 9.95. The molecule has 246 valence electrons. The van der Waals surface area contributed by atoms with Crippen molar-refractivity contribution in [2.24, 2.45) is 5.73 Å². The van der Waals surface area contributed by atoms with Crippen LogP contribution in [0.15, 0.2) is 96.2 Å². The largest absolute Gasteiger partial charge is 0.416 e. The summed E-state index contributed by atoms with van der Waals surface area (Å²) in [5.41, 5.74) is 12.4. The molecule has 2 heterocycles. The predicted molar refractivity (Wildman–Crippen MR) is 185 cm³/mol. The lowest BCUT2D eigenvalue weighted by Crippen LogP contribution is -2.04. The van der Waals surface area contributed by atoms with Crippen LogP contribution >= 0.6 is 22.7 Å². The Kier molecular flexibility index (Phi) is 7.04. The Labute approximate surface area is 293 Å². The third kappa shape index (κ3) is 4.85. The summed E-state index contributed by atoms with van der Waals surface area (Å²) in [6.07, 6.45) is -8.96. The Morgan fingerprint density at radius 3 is 1.29 bits per heavy atom. The number of fused-ring (bicyclic) bond motifs is 9. The number of nitriles is 3. The van der Waals surface area contributed by atoms with E-state index in [0.717, 1.165) is 60.8 Å². The summed E-state index contributed by atoms with van der Waals surface area (Å²) in [7, 11) is 0. The summed E-state index contributed by atoms with van der Waals surface area (Å²) < 4.78 is 80.9. The molecule has 0 radical (unpaired) electrons. The molecule has 0 saturated carbocycles. The lowest BCUT2D eigenvalue weighted by molar-refractivity contribution is -0.138. The molecule has 8 rings (SSSR count). The van der Waals surface area contributed by atoms with Crippen molar-refractivity contribution in [3.8, 4) is 62.7 Å². The van der Waals surface area contributed by atoms with Gasteiger partial charge in [-0.25, -0.2) is 0 Å². The van der Waals surface area contributed by atoms with Crippen molar-refractivity contribution in [1.82, 2.24) is 0 Å². The maximum atomic E-state index is 13.2. The van der Waals surface area contributed by atoms with E-state index in [2.05, 4.69) is 0 Å². The number of hydrogen-bond acceptors (Lipinski definition) is 6. The molecule has 2 aliphatic rings. The highest BCUT2D eigenvalue weighted by atomic mass is 32.1. The molecule has 0 fully saturated rings. The van der Waals surface area contributed by atoms with Crippen LogP contribution in [0.1, 0.15) is 32.0 Å². The Balaban J connectivity index is 1.30. The normalized spacial score (nSPS) is 13.9. The van der Waals surface area contributed by atoms with Crippen molar-refractivity contribution >= 4 is 43.2 Å². The van der Waals surface area contributed by atoms with Gasteiger partial charge in [-0.1, -0.05) is 48.5 Å². The van der Waals surface area contributed by atoms with Crippen LogP contribution in [0.3, 0.4) is 0 Å². The third-order valence-corrected chi connectivity index (χ3v) is 11.6. The summed E-state index contributed by atoms with van der Waals surface area (Å²) in [6, 6.07) is 26.5. The van der Waals surface area contributed by atoms with E-state index in [1.807, 2.05) is 36.4 Å². The fourth-order valence-corrected chi connectivity index (χ4v) is 9.80. The fourth-order valence-electron chi connectivity index (χ4n) is 6.73. The maximum Gasteiger partial charge on any atom is 0.416 e. The summed E-state index contributed by atoms with van der Waals surface area (Å²) in [6.45, 7) is 0. The monoisotopic (exact) mass is 718 g/mol. The average molecular weight is 719 g/mol. The standard InChI is InChI=1S/C39H16F6N4S2/c40-38(41,42)23-7-1-18(2-8-23)20-5-11-25-27(13-20)30(22(15-46)16-47)34-32(25)36-37(50-34)33-26-12-6-21(19-3-9-24(10-4-19)39(43,44)45)14-28(26)31(29(49)17-48)35(33)51-36/h1-14H,49H2/b31-29+. The molecule has 2 aromatic heterocycles. The molecule has 4 aromatic carbocycles. The van der Waals surface area contributed by atoms with Gasteiger partial charge in [-0.2, -0.15) is 42.1 Å². The molecule has 2 aliphatic carbocycles. The van der Waals surface area contributed by atoms with Gasteiger partial charge in [-0.3, -0.25) is 0 Å². The smallest absolute Gasteiger partial charge is 0.390 e. The first kappa shape index (κ1) is 32.1. The van der Waals surface area contributed by atoms with Crippen LogP contribution in [0.4, 0.5) is 26.3 Å². The Morgan fingerprint density at radius 1 is 0.510 bits per heavy atom. The van der Waals surface area contributed by atoms with Gasteiger partial charge in [0, 0.05) is 32.0 Å². The summed E-state index contributed by atoms with van der Waals surface area (Å²) in [5, 5.41) is 29.9. The van der Waals surface area contributed by atoms with E-state index in [9.17, 15) is 42.1 Å². The topological polar surface area (TPSA) is 97.4 Å². The van der Waals surface area contributed by atoms with E-state index < -0.39 is 23.5 Å². The SMILES string of the molecule is N#CC(C#N)=C1c2cc(-c3ccc(C(F)(F)F)cc3)ccc2-c2c1sc1c3c(sc21)/C(=C(/N)C#N)c1cc(-c2ccc(C(F)(F)F)cc2)ccc1-3. The Hall–Kier alpha value is -6.13. The number of allylic oxidation sites excluding steroid dienone is 2. The molecular formula is C39H16F6N4S2. The van der Waals surface area contributed by atoms with Gasteiger partial charge in [0.15, 0.2) is 0 Å². The number of alkyl halides is 6. The zero-order valence-corrected chi connectivity index (χ0v) is 27.2. The zero-order valence-electron chi connectivity index (χ0n) is 25.6. The maximum absolute atomic E-state index is 13.2. The molecule has 0 bridgehead atoms. The van der Waals surface area contributed by atoms with E-state index >= 15 is 0 Å². The molecule has 51 heavy (non-hydrogen) atoms. The highest BCUT2D eigenvalue weighted by Crippen LogP contribution is 2.62. The van der Waals surface area contributed by atoms with Crippen molar-refractivity contribution in [3.05, 3.63) is 128 Å².